The van der Waals surface area contributed by atoms with Gasteiger partial charge in [0.15, 0.2) is 5.78 Å². The molecule has 0 aromatic heterocycles. The molecule has 0 spiro atoms. The van der Waals surface area contributed by atoms with E-state index < -0.39 is 5.97 Å². The maximum Gasteiger partial charge on any atom is 0.330 e. The molecule has 0 unspecified atom stereocenters. The predicted molar refractivity (Wildman–Crippen MR) is 143 cm³/mol. The molecule has 2 amide bonds. The van der Waals surface area contributed by atoms with E-state index in [0.717, 1.165) is 0 Å². The Balaban J connectivity index is 0.000000345. The van der Waals surface area contributed by atoms with Gasteiger partial charge in [-0.2, -0.15) is 0 Å². The van der Waals surface area contributed by atoms with Gasteiger partial charge in [0.25, 0.3) is 5.91 Å². The molecule has 3 N–H and O–H groups in total. The molecule has 3 aromatic carbocycles. The molecule has 7 nitrogen and oxygen atoms in total. The van der Waals surface area contributed by atoms with E-state index in [4.69, 9.17) is 4.79 Å². The van der Waals surface area contributed by atoms with Crippen LogP contribution in [0.15, 0.2) is 78.9 Å². The third-order valence-corrected chi connectivity index (χ3v) is 5.05. The van der Waals surface area contributed by atoms with E-state index in [0.29, 0.717) is 30.0 Å². The van der Waals surface area contributed by atoms with E-state index in [1.165, 1.54) is 36.4 Å². The highest BCUT2D eigenvalue weighted by atomic mass is 16.5. The molecule has 7 heteroatoms. The van der Waals surface area contributed by atoms with Gasteiger partial charge in [0.2, 0.25) is 6.41 Å². The highest BCUT2D eigenvalue weighted by Gasteiger charge is 2.12. The first-order chi connectivity index (χ1) is 17.3. The van der Waals surface area contributed by atoms with Gasteiger partial charge in [-0.05, 0) is 41.7 Å². The number of fused-ring (bicyclic) bond motifs is 1. The molecule has 3 rings (SSSR count). The number of benzene rings is 3. The summed E-state index contributed by atoms with van der Waals surface area (Å²) in [5.74, 6) is -0.284. The number of Topliss-reactive ketones (excluding diaryl/α,β-unsaturated/α-hetero) is 1. The van der Waals surface area contributed by atoms with Crippen LogP contribution in [0.1, 0.15) is 59.4 Å². The fourth-order valence-corrected chi connectivity index (χ4v) is 3.35. The number of carbonyl (C=O) groups is 4. The fraction of sp³-hybridized carbons (Fsp3) is 0.241. The molecule has 0 atom stereocenters. The summed E-state index contributed by atoms with van der Waals surface area (Å²) in [6, 6.07) is 21.7. The van der Waals surface area contributed by atoms with Gasteiger partial charge in [0.05, 0.1) is 12.7 Å². The zero-order valence-electron chi connectivity index (χ0n) is 21.2. The Labute approximate surface area is 212 Å². The van der Waals surface area contributed by atoms with Crippen molar-refractivity contribution in [3.05, 3.63) is 95.6 Å². The number of methoxy groups -OCH3 is 1. The predicted octanol–water partition coefficient (Wildman–Crippen LogP) is 4.80. The highest BCUT2D eigenvalue weighted by Crippen LogP contribution is 2.24. The van der Waals surface area contributed by atoms with Crippen molar-refractivity contribution in [3.63, 3.8) is 0 Å². The smallest absolute Gasteiger partial charge is 0.330 e. The number of rotatable bonds is 7. The third kappa shape index (κ3) is 9.93. The Hall–Kier alpha value is -4.26. The number of amides is 2. The number of primary amides is 1. The SMILES string of the molecule is CC(C)c1cccc2ccccc12.COC(=O)/C=C/CCNC(=O)c1ccccc1C(C)=O.NC=O. The van der Waals surface area contributed by atoms with Gasteiger partial charge >= 0.3 is 5.97 Å². The molecule has 190 valence electrons. The normalized spacial score (nSPS) is 10.0. The van der Waals surface area contributed by atoms with E-state index >= 15 is 0 Å². The summed E-state index contributed by atoms with van der Waals surface area (Å²) in [7, 11) is 1.30. The quantitative estimate of drug-likeness (QED) is 0.162. The Bertz CT molecular complexity index is 1180. The second-order valence-corrected chi connectivity index (χ2v) is 7.93. The number of nitrogens with two attached hydrogens (primary N) is 1. The lowest BCUT2D eigenvalue weighted by Gasteiger charge is -2.08. The number of ether oxygens (including phenoxy) is 1. The largest absolute Gasteiger partial charge is 0.466 e. The average molecular weight is 491 g/mol. The maximum atomic E-state index is 11.9. The van der Waals surface area contributed by atoms with Gasteiger partial charge in [0.1, 0.15) is 0 Å². The van der Waals surface area contributed by atoms with Gasteiger partial charge in [0, 0.05) is 18.2 Å². The Kier molecular flexibility index (Phi) is 13.5. The van der Waals surface area contributed by atoms with E-state index in [1.54, 1.807) is 30.3 Å². The number of esters is 1. The van der Waals surface area contributed by atoms with Crippen molar-refractivity contribution in [2.45, 2.75) is 33.1 Å². The number of nitrogens with one attached hydrogen (secondary N) is 1. The summed E-state index contributed by atoms with van der Waals surface area (Å²) in [4.78, 5) is 42.8. The average Bonchev–Trinajstić information content (AvgIpc) is 2.88. The molecular weight excluding hydrogens is 456 g/mol. The summed E-state index contributed by atoms with van der Waals surface area (Å²) in [6.07, 6.45) is 3.67. The van der Waals surface area contributed by atoms with Crippen LogP contribution < -0.4 is 11.1 Å². The van der Waals surface area contributed by atoms with E-state index in [1.807, 2.05) is 0 Å². The van der Waals surface area contributed by atoms with Crippen molar-refractivity contribution in [2.24, 2.45) is 5.73 Å². The van der Waals surface area contributed by atoms with Crippen LogP contribution in [0.5, 0.6) is 0 Å². The summed E-state index contributed by atoms with van der Waals surface area (Å²) in [5, 5.41) is 5.42. The van der Waals surface area contributed by atoms with Gasteiger partial charge in [-0.25, -0.2) is 4.79 Å². The van der Waals surface area contributed by atoms with Crippen LogP contribution in [0, 0.1) is 0 Å². The molecule has 36 heavy (non-hydrogen) atoms. The van der Waals surface area contributed by atoms with Gasteiger partial charge in [-0.3, -0.25) is 14.4 Å². The van der Waals surface area contributed by atoms with E-state index in [-0.39, 0.29) is 18.1 Å². The number of ketones is 1. The Morgan fingerprint density at radius 1 is 0.944 bits per heavy atom. The van der Waals surface area contributed by atoms with Crippen LogP contribution in [0.3, 0.4) is 0 Å². The summed E-state index contributed by atoms with van der Waals surface area (Å²) >= 11 is 0. The van der Waals surface area contributed by atoms with Crippen molar-refractivity contribution >= 4 is 34.8 Å². The molecular formula is C29H34N2O5. The standard InChI is InChI=1S/C15H17NO4.C13H14.CH3NO/c1-11(17)12-7-3-4-8-13(12)15(19)16-10-6-5-9-14(18)20-2;1-10(2)12-9-5-7-11-6-3-4-8-13(11)12;2-1-3/h3-5,7-9H,6,10H2,1-2H3,(H,16,19);3-10H,1-2H3;1H,(H2,2,3)/b9-5+;;. The van der Waals surface area contributed by atoms with Crippen LogP contribution in [0.2, 0.25) is 0 Å². The second-order valence-electron chi connectivity index (χ2n) is 7.93. The van der Waals surface area contributed by atoms with E-state index in [2.05, 4.69) is 72.1 Å². The lowest BCUT2D eigenvalue weighted by atomic mass is 9.96. The van der Waals surface area contributed by atoms with Crippen LogP contribution in [-0.4, -0.2) is 37.7 Å². The van der Waals surface area contributed by atoms with Crippen molar-refractivity contribution in [3.8, 4) is 0 Å². The number of carbonyl (C=O) groups excluding carboxylic acids is 4. The first kappa shape index (κ1) is 29.8. The summed E-state index contributed by atoms with van der Waals surface area (Å²) < 4.78 is 4.44. The van der Waals surface area contributed by atoms with Crippen LogP contribution in [0.25, 0.3) is 10.8 Å². The summed E-state index contributed by atoms with van der Waals surface area (Å²) in [5.41, 5.74) is 6.37. The zero-order chi connectivity index (χ0) is 26.9. The zero-order valence-corrected chi connectivity index (χ0v) is 21.2. The molecule has 0 radical (unpaired) electrons. The first-order valence-corrected chi connectivity index (χ1v) is 11.5. The van der Waals surface area contributed by atoms with Crippen molar-refractivity contribution in [2.75, 3.05) is 13.7 Å². The molecule has 0 saturated heterocycles. The number of hydrogen-bond donors (Lipinski definition) is 2. The highest BCUT2D eigenvalue weighted by molar-refractivity contribution is 6.07. The molecule has 0 aliphatic heterocycles. The van der Waals surface area contributed by atoms with Crippen molar-refractivity contribution in [1.82, 2.24) is 5.32 Å². The molecule has 3 aromatic rings. The maximum absolute atomic E-state index is 11.9. The topological polar surface area (TPSA) is 116 Å². The third-order valence-electron chi connectivity index (χ3n) is 5.05. The van der Waals surface area contributed by atoms with Gasteiger partial charge in [-0.1, -0.05) is 80.6 Å². The summed E-state index contributed by atoms with van der Waals surface area (Å²) in [6.45, 7) is 6.27. The molecule has 0 aliphatic carbocycles. The lowest BCUT2D eigenvalue weighted by Crippen LogP contribution is -2.25. The van der Waals surface area contributed by atoms with Crippen molar-refractivity contribution < 1.29 is 23.9 Å². The molecule has 0 heterocycles. The molecule has 0 bridgehead atoms. The first-order valence-electron chi connectivity index (χ1n) is 11.5. The monoisotopic (exact) mass is 490 g/mol. The molecule has 0 aliphatic rings. The minimum Gasteiger partial charge on any atom is -0.466 e. The molecule has 0 fully saturated rings. The minimum atomic E-state index is -0.432. The molecule has 0 saturated carbocycles. The van der Waals surface area contributed by atoms with Crippen LogP contribution >= 0.6 is 0 Å². The van der Waals surface area contributed by atoms with E-state index in [9.17, 15) is 14.4 Å². The van der Waals surface area contributed by atoms with Crippen LogP contribution in [-0.2, 0) is 14.3 Å². The fourth-order valence-electron chi connectivity index (χ4n) is 3.35. The Morgan fingerprint density at radius 2 is 1.53 bits per heavy atom. The van der Waals surface area contributed by atoms with Crippen molar-refractivity contribution in [1.29, 1.82) is 0 Å². The van der Waals surface area contributed by atoms with Crippen LogP contribution in [0.4, 0.5) is 0 Å². The minimum absolute atomic E-state index is 0.152. The Morgan fingerprint density at radius 3 is 2.14 bits per heavy atom. The number of hydrogen-bond acceptors (Lipinski definition) is 5. The lowest BCUT2D eigenvalue weighted by molar-refractivity contribution is -0.134. The van der Waals surface area contributed by atoms with Gasteiger partial charge in [-0.15, -0.1) is 0 Å². The second kappa shape index (κ2) is 16.4. The van der Waals surface area contributed by atoms with Gasteiger partial charge < -0.3 is 15.8 Å².